The first kappa shape index (κ1) is 33.2. The van der Waals surface area contributed by atoms with Gasteiger partial charge in [0.05, 0.1) is 10.6 Å². The maximum atomic E-state index is 14.6. The van der Waals surface area contributed by atoms with Crippen molar-refractivity contribution in [2.45, 2.75) is 69.0 Å². The van der Waals surface area contributed by atoms with Crippen LogP contribution in [0.25, 0.3) is 0 Å². The van der Waals surface area contributed by atoms with Crippen molar-refractivity contribution in [3.63, 3.8) is 0 Å². The number of carbonyl (C=O) groups is 2. The molecule has 0 saturated heterocycles. The van der Waals surface area contributed by atoms with E-state index in [1.807, 2.05) is 61.5 Å². The lowest BCUT2D eigenvalue weighted by molar-refractivity contribution is -0.140. The van der Waals surface area contributed by atoms with Crippen LogP contribution in [-0.4, -0.2) is 43.8 Å². The van der Waals surface area contributed by atoms with Gasteiger partial charge in [-0.15, -0.1) is 0 Å². The summed E-state index contributed by atoms with van der Waals surface area (Å²) in [5.74, 6) is -0.726. The number of carbonyl (C=O) groups excluding carboxylic acids is 2. The Morgan fingerprint density at radius 1 is 0.826 bits per heavy atom. The van der Waals surface area contributed by atoms with Gasteiger partial charge in [0.15, 0.2) is 0 Å². The summed E-state index contributed by atoms with van der Waals surface area (Å²) in [5.41, 5.74) is 3.06. The number of halogens is 1. The Balaban J connectivity index is 1.55. The zero-order valence-electron chi connectivity index (χ0n) is 26.0. The van der Waals surface area contributed by atoms with Crippen molar-refractivity contribution in [3.8, 4) is 0 Å². The van der Waals surface area contributed by atoms with Gasteiger partial charge in [0.25, 0.3) is 10.0 Å². The third kappa shape index (κ3) is 8.56. The summed E-state index contributed by atoms with van der Waals surface area (Å²) in [5, 5.41) is 3.68. The number of anilines is 1. The first-order chi connectivity index (χ1) is 22.2. The number of benzene rings is 4. The molecule has 0 aliphatic heterocycles. The lowest BCUT2D eigenvalue weighted by atomic mass is 9.94. The second-order valence-electron chi connectivity index (χ2n) is 11.9. The average Bonchev–Trinajstić information content (AvgIpc) is 3.07. The minimum Gasteiger partial charge on any atom is -0.352 e. The van der Waals surface area contributed by atoms with Gasteiger partial charge in [-0.1, -0.05) is 109 Å². The molecule has 4 aromatic rings. The lowest BCUT2D eigenvalue weighted by Gasteiger charge is -2.35. The van der Waals surface area contributed by atoms with Crippen LogP contribution in [0.3, 0.4) is 0 Å². The van der Waals surface area contributed by atoms with Gasteiger partial charge >= 0.3 is 0 Å². The highest BCUT2D eigenvalue weighted by atomic mass is 35.5. The Kier molecular flexibility index (Phi) is 11.1. The van der Waals surface area contributed by atoms with Gasteiger partial charge in [-0.3, -0.25) is 13.9 Å². The van der Waals surface area contributed by atoms with E-state index in [1.54, 1.807) is 47.4 Å². The molecule has 0 bridgehead atoms. The normalized spacial score (nSPS) is 14.3. The minimum atomic E-state index is -4.16. The van der Waals surface area contributed by atoms with Crippen molar-refractivity contribution in [2.24, 2.45) is 0 Å². The van der Waals surface area contributed by atoms with E-state index in [0.717, 1.165) is 53.1 Å². The molecule has 0 heterocycles. The van der Waals surface area contributed by atoms with Crippen molar-refractivity contribution >= 4 is 39.1 Å². The Morgan fingerprint density at radius 2 is 1.46 bits per heavy atom. The van der Waals surface area contributed by atoms with E-state index >= 15 is 0 Å². The predicted octanol–water partition coefficient (Wildman–Crippen LogP) is 6.93. The van der Waals surface area contributed by atoms with Crippen molar-refractivity contribution in [3.05, 3.63) is 131 Å². The molecule has 240 valence electrons. The first-order valence-corrected chi connectivity index (χ1v) is 17.6. The van der Waals surface area contributed by atoms with Crippen LogP contribution in [0.5, 0.6) is 0 Å². The summed E-state index contributed by atoms with van der Waals surface area (Å²) in [6.07, 6.45) is 5.32. The van der Waals surface area contributed by atoms with Crippen molar-refractivity contribution in [2.75, 3.05) is 10.8 Å². The lowest BCUT2D eigenvalue weighted by Crippen LogP contribution is -2.55. The molecular formula is C37H40ClN3O4S. The maximum Gasteiger partial charge on any atom is 0.264 e. The van der Waals surface area contributed by atoms with E-state index in [2.05, 4.69) is 5.32 Å². The number of nitrogens with zero attached hydrogens (tertiary/aromatic N) is 2. The maximum absolute atomic E-state index is 14.6. The van der Waals surface area contributed by atoms with E-state index in [9.17, 15) is 18.0 Å². The Hall–Kier alpha value is -4.14. The van der Waals surface area contributed by atoms with Gasteiger partial charge in [0.1, 0.15) is 12.6 Å². The van der Waals surface area contributed by atoms with E-state index in [-0.39, 0.29) is 29.8 Å². The van der Waals surface area contributed by atoms with Crippen LogP contribution in [-0.2, 0) is 32.6 Å². The van der Waals surface area contributed by atoms with Crippen molar-refractivity contribution in [1.29, 1.82) is 0 Å². The quantitative estimate of drug-likeness (QED) is 0.179. The van der Waals surface area contributed by atoms with Gasteiger partial charge in [0, 0.05) is 24.0 Å². The molecule has 1 N–H and O–H groups in total. The Morgan fingerprint density at radius 3 is 2.11 bits per heavy atom. The third-order valence-corrected chi connectivity index (χ3v) is 10.4. The molecule has 1 aliphatic rings. The molecule has 4 aromatic carbocycles. The van der Waals surface area contributed by atoms with Crippen LogP contribution in [0.1, 0.15) is 48.8 Å². The summed E-state index contributed by atoms with van der Waals surface area (Å²) < 4.78 is 29.3. The number of sulfonamides is 1. The highest BCUT2D eigenvalue weighted by Gasteiger charge is 2.35. The zero-order valence-corrected chi connectivity index (χ0v) is 27.6. The van der Waals surface area contributed by atoms with Crippen LogP contribution < -0.4 is 9.62 Å². The molecule has 1 fully saturated rings. The van der Waals surface area contributed by atoms with Crippen LogP contribution in [0.15, 0.2) is 114 Å². The fourth-order valence-electron chi connectivity index (χ4n) is 5.96. The number of nitrogens with one attached hydrogen (secondary N) is 1. The van der Waals surface area contributed by atoms with Gasteiger partial charge in [-0.05, 0) is 67.3 Å². The second kappa shape index (κ2) is 15.4. The molecule has 0 radical (unpaired) electrons. The fourth-order valence-corrected chi connectivity index (χ4v) is 7.52. The van der Waals surface area contributed by atoms with Gasteiger partial charge in [0.2, 0.25) is 11.8 Å². The molecule has 0 aromatic heterocycles. The van der Waals surface area contributed by atoms with Crippen LogP contribution >= 0.6 is 11.6 Å². The van der Waals surface area contributed by atoms with Crippen LogP contribution in [0, 0.1) is 6.92 Å². The summed E-state index contributed by atoms with van der Waals surface area (Å²) in [6.45, 7) is 1.60. The fraction of sp³-hybridized carbons (Fsp3) is 0.297. The van der Waals surface area contributed by atoms with E-state index < -0.39 is 28.5 Å². The Labute approximate surface area is 277 Å². The van der Waals surface area contributed by atoms with Crippen LogP contribution in [0.2, 0.25) is 5.02 Å². The summed E-state index contributed by atoms with van der Waals surface area (Å²) in [6, 6.07) is 31.0. The smallest absolute Gasteiger partial charge is 0.264 e. The third-order valence-electron chi connectivity index (χ3n) is 8.38. The molecule has 46 heavy (non-hydrogen) atoms. The molecule has 1 saturated carbocycles. The molecule has 7 nitrogen and oxygen atoms in total. The monoisotopic (exact) mass is 657 g/mol. The minimum absolute atomic E-state index is 0.0412. The van der Waals surface area contributed by atoms with E-state index in [0.29, 0.717) is 10.7 Å². The Bertz CT molecular complexity index is 1710. The zero-order chi connectivity index (χ0) is 32.5. The number of amides is 2. The molecule has 2 amide bonds. The van der Waals surface area contributed by atoms with Gasteiger partial charge < -0.3 is 10.2 Å². The molecular weight excluding hydrogens is 618 g/mol. The van der Waals surface area contributed by atoms with Gasteiger partial charge in [-0.2, -0.15) is 0 Å². The van der Waals surface area contributed by atoms with Crippen molar-refractivity contribution in [1.82, 2.24) is 10.2 Å². The van der Waals surface area contributed by atoms with Gasteiger partial charge in [-0.25, -0.2) is 8.42 Å². The van der Waals surface area contributed by atoms with Crippen molar-refractivity contribution < 1.29 is 18.0 Å². The van der Waals surface area contributed by atoms with E-state index in [1.165, 1.54) is 12.1 Å². The number of rotatable bonds is 12. The molecule has 1 unspecified atom stereocenters. The molecule has 1 aliphatic carbocycles. The second-order valence-corrected chi connectivity index (χ2v) is 14.2. The molecule has 0 spiro atoms. The van der Waals surface area contributed by atoms with Crippen LogP contribution in [0.4, 0.5) is 5.69 Å². The molecule has 9 heteroatoms. The standard InChI is InChI=1S/C37H40ClN3O4S/c1-28-12-11-15-30(24-28)26-40(35(25-29-13-5-2-6-14-29)37(43)39-32-16-7-3-8-17-32)36(42)27-41(33-22-20-31(38)21-23-33)46(44,45)34-18-9-4-10-19-34/h2,4-6,9-15,18-24,32,35H,3,7-8,16-17,25-27H2,1H3,(H,39,43). The van der Waals surface area contributed by atoms with E-state index in [4.69, 9.17) is 11.6 Å². The number of aryl methyl sites for hydroxylation is 1. The highest BCUT2D eigenvalue weighted by Crippen LogP contribution is 2.27. The molecule has 1 atom stereocenters. The predicted molar refractivity (Wildman–Crippen MR) is 183 cm³/mol. The number of hydrogen-bond acceptors (Lipinski definition) is 4. The highest BCUT2D eigenvalue weighted by molar-refractivity contribution is 7.92. The summed E-state index contributed by atoms with van der Waals surface area (Å²) in [4.78, 5) is 30.4. The largest absolute Gasteiger partial charge is 0.352 e. The summed E-state index contributed by atoms with van der Waals surface area (Å²) >= 11 is 6.15. The first-order valence-electron chi connectivity index (χ1n) is 15.7. The SMILES string of the molecule is Cc1cccc(CN(C(=O)CN(c2ccc(Cl)cc2)S(=O)(=O)c2ccccc2)C(Cc2ccccc2)C(=O)NC2CCCCC2)c1. The average molecular weight is 658 g/mol. The molecule has 5 rings (SSSR count). The summed E-state index contributed by atoms with van der Waals surface area (Å²) in [7, 11) is -4.16. The topological polar surface area (TPSA) is 86.8 Å². The number of hydrogen-bond donors (Lipinski definition) is 1.